The lowest BCUT2D eigenvalue weighted by Gasteiger charge is -2.32. The molecule has 1 aliphatic heterocycles. The first-order valence-electron chi connectivity index (χ1n) is 7.28. The average molecular weight is 248 g/mol. The molecule has 0 bridgehead atoms. The second kappa shape index (κ2) is 4.92. The largest absolute Gasteiger partial charge is 0.369 e. The molecule has 1 aromatic rings. The maximum atomic E-state index is 5.99. The van der Waals surface area contributed by atoms with Gasteiger partial charge in [-0.25, -0.2) is 0 Å². The maximum absolute atomic E-state index is 5.99. The number of nitrogens with zero attached hydrogens (tertiary/aromatic N) is 3. The lowest BCUT2D eigenvalue weighted by atomic mass is 10.00. The fourth-order valence-corrected chi connectivity index (χ4v) is 3.49. The Hall–Kier alpha value is -1.03. The van der Waals surface area contributed by atoms with Crippen molar-refractivity contribution in [1.29, 1.82) is 0 Å². The average Bonchev–Trinajstić information content (AvgIpc) is 2.99. The molecule has 1 saturated heterocycles. The van der Waals surface area contributed by atoms with Crippen LogP contribution in [0.2, 0.25) is 0 Å². The highest BCUT2D eigenvalue weighted by Crippen LogP contribution is 2.39. The van der Waals surface area contributed by atoms with E-state index in [1.807, 2.05) is 0 Å². The van der Waals surface area contributed by atoms with Gasteiger partial charge in [-0.15, -0.1) is 0 Å². The smallest absolute Gasteiger partial charge is 0.0787 e. The predicted molar refractivity (Wildman–Crippen MR) is 73.8 cm³/mol. The number of hydrogen-bond donors (Lipinski definition) is 1. The Balaban J connectivity index is 1.83. The van der Waals surface area contributed by atoms with Crippen LogP contribution in [0.25, 0.3) is 0 Å². The first-order chi connectivity index (χ1) is 8.75. The molecule has 18 heavy (non-hydrogen) atoms. The number of piperidine rings is 1. The lowest BCUT2D eigenvalue weighted by molar-refractivity contribution is 0.498. The van der Waals surface area contributed by atoms with Crippen molar-refractivity contribution >= 4 is 5.69 Å². The first kappa shape index (κ1) is 12.0. The molecule has 0 unspecified atom stereocenters. The van der Waals surface area contributed by atoms with Crippen molar-refractivity contribution in [2.24, 2.45) is 12.8 Å². The Kier molecular flexibility index (Phi) is 3.29. The van der Waals surface area contributed by atoms with Gasteiger partial charge in [0.15, 0.2) is 0 Å². The number of nitrogens with two attached hydrogens (primary N) is 1. The molecular weight excluding hydrogens is 224 g/mol. The number of aryl methyl sites for hydroxylation is 1. The number of aromatic nitrogens is 2. The van der Waals surface area contributed by atoms with Gasteiger partial charge in [-0.05, 0) is 25.7 Å². The molecule has 2 fully saturated rings. The van der Waals surface area contributed by atoms with Crippen LogP contribution in [0.5, 0.6) is 0 Å². The van der Waals surface area contributed by atoms with Crippen LogP contribution in [0.15, 0.2) is 6.20 Å². The molecule has 1 aliphatic carbocycles. The van der Waals surface area contributed by atoms with E-state index in [-0.39, 0.29) is 0 Å². The fourth-order valence-electron chi connectivity index (χ4n) is 3.49. The van der Waals surface area contributed by atoms with E-state index in [4.69, 9.17) is 5.73 Å². The van der Waals surface area contributed by atoms with Gasteiger partial charge in [-0.1, -0.05) is 12.8 Å². The van der Waals surface area contributed by atoms with Crippen LogP contribution in [-0.2, 0) is 7.05 Å². The highest BCUT2D eigenvalue weighted by molar-refractivity contribution is 5.51. The van der Waals surface area contributed by atoms with Gasteiger partial charge in [0.05, 0.1) is 17.6 Å². The van der Waals surface area contributed by atoms with E-state index in [1.165, 1.54) is 37.1 Å². The SMILES string of the molecule is Cn1ncc(N2CCC(N)CC2)c1C1CCCC1. The van der Waals surface area contributed by atoms with Gasteiger partial charge in [0.25, 0.3) is 0 Å². The summed E-state index contributed by atoms with van der Waals surface area (Å²) in [6.07, 6.45) is 9.70. The summed E-state index contributed by atoms with van der Waals surface area (Å²) in [7, 11) is 2.09. The highest BCUT2D eigenvalue weighted by atomic mass is 15.3. The standard InChI is InChI=1S/C14H24N4/c1-17-14(11-4-2-3-5-11)13(10-16-17)18-8-6-12(15)7-9-18/h10-12H,2-9,15H2,1H3. The normalized spacial score (nSPS) is 22.9. The second-order valence-corrected chi connectivity index (χ2v) is 5.84. The summed E-state index contributed by atoms with van der Waals surface area (Å²) in [5.41, 5.74) is 8.83. The van der Waals surface area contributed by atoms with Crippen LogP contribution >= 0.6 is 0 Å². The van der Waals surface area contributed by atoms with Crippen molar-refractivity contribution in [2.45, 2.75) is 50.5 Å². The molecule has 1 saturated carbocycles. The molecule has 1 aromatic heterocycles. The van der Waals surface area contributed by atoms with Crippen LogP contribution in [0.1, 0.15) is 50.1 Å². The van der Waals surface area contributed by atoms with Crippen molar-refractivity contribution in [1.82, 2.24) is 9.78 Å². The predicted octanol–water partition coefficient (Wildman–Crippen LogP) is 2.01. The third kappa shape index (κ3) is 2.14. The minimum atomic E-state index is 0.396. The lowest BCUT2D eigenvalue weighted by Crippen LogP contribution is -2.40. The zero-order valence-corrected chi connectivity index (χ0v) is 11.3. The quantitative estimate of drug-likeness (QED) is 0.871. The summed E-state index contributed by atoms with van der Waals surface area (Å²) < 4.78 is 2.10. The van der Waals surface area contributed by atoms with Gasteiger partial charge in [0, 0.05) is 32.1 Å². The van der Waals surface area contributed by atoms with Gasteiger partial charge in [-0.3, -0.25) is 4.68 Å². The second-order valence-electron chi connectivity index (χ2n) is 5.84. The molecule has 2 aliphatic rings. The summed E-state index contributed by atoms with van der Waals surface area (Å²) in [6.45, 7) is 2.18. The zero-order chi connectivity index (χ0) is 12.5. The Morgan fingerprint density at radius 1 is 1.17 bits per heavy atom. The van der Waals surface area contributed by atoms with Crippen LogP contribution < -0.4 is 10.6 Å². The Labute approximate surface area is 109 Å². The Morgan fingerprint density at radius 3 is 2.50 bits per heavy atom. The third-order valence-electron chi connectivity index (χ3n) is 4.59. The molecule has 0 radical (unpaired) electrons. The summed E-state index contributed by atoms with van der Waals surface area (Å²) in [4.78, 5) is 2.49. The summed E-state index contributed by atoms with van der Waals surface area (Å²) in [5.74, 6) is 0.725. The van der Waals surface area contributed by atoms with Crippen LogP contribution in [0.3, 0.4) is 0 Å². The number of rotatable bonds is 2. The highest BCUT2D eigenvalue weighted by Gasteiger charge is 2.27. The van der Waals surface area contributed by atoms with Crippen molar-refractivity contribution in [3.63, 3.8) is 0 Å². The van der Waals surface area contributed by atoms with Gasteiger partial charge < -0.3 is 10.6 Å². The van der Waals surface area contributed by atoms with E-state index in [9.17, 15) is 0 Å². The minimum Gasteiger partial charge on any atom is -0.369 e. The van der Waals surface area contributed by atoms with E-state index < -0.39 is 0 Å². The molecule has 0 aromatic carbocycles. The van der Waals surface area contributed by atoms with E-state index in [0.29, 0.717) is 6.04 Å². The van der Waals surface area contributed by atoms with E-state index in [2.05, 4.69) is 27.9 Å². The van der Waals surface area contributed by atoms with Crippen LogP contribution in [0.4, 0.5) is 5.69 Å². The van der Waals surface area contributed by atoms with Gasteiger partial charge in [0.1, 0.15) is 0 Å². The monoisotopic (exact) mass is 248 g/mol. The van der Waals surface area contributed by atoms with Crippen molar-refractivity contribution < 1.29 is 0 Å². The molecule has 0 amide bonds. The molecule has 4 heteroatoms. The third-order valence-corrected chi connectivity index (χ3v) is 4.59. The van der Waals surface area contributed by atoms with Crippen molar-refractivity contribution in [3.8, 4) is 0 Å². The maximum Gasteiger partial charge on any atom is 0.0787 e. The van der Waals surface area contributed by atoms with E-state index in [1.54, 1.807) is 0 Å². The topological polar surface area (TPSA) is 47.1 Å². The molecule has 100 valence electrons. The van der Waals surface area contributed by atoms with Crippen LogP contribution in [0, 0.1) is 0 Å². The molecule has 2 N–H and O–H groups in total. The number of hydrogen-bond acceptors (Lipinski definition) is 3. The fraction of sp³-hybridized carbons (Fsp3) is 0.786. The Bertz CT molecular complexity index is 398. The van der Waals surface area contributed by atoms with E-state index in [0.717, 1.165) is 31.8 Å². The van der Waals surface area contributed by atoms with Crippen LogP contribution in [-0.4, -0.2) is 28.9 Å². The van der Waals surface area contributed by atoms with Gasteiger partial charge >= 0.3 is 0 Å². The summed E-state index contributed by atoms with van der Waals surface area (Å²) in [6, 6.07) is 0.396. The number of anilines is 1. The molecule has 0 spiro atoms. The molecule has 4 nitrogen and oxygen atoms in total. The molecule has 2 heterocycles. The molecular formula is C14H24N4. The van der Waals surface area contributed by atoms with Crippen molar-refractivity contribution in [3.05, 3.63) is 11.9 Å². The van der Waals surface area contributed by atoms with Gasteiger partial charge in [0.2, 0.25) is 0 Å². The van der Waals surface area contributed by atoms with E-state index >= 15 is 0 Å². The summed E-state index contributed by atoms with van der Waals surface area (Å²) >= 11 is 0. The minimum absolute atomic E-state index is 0.396. The Morgan fingerprint density at radius 2 is 1.83 bits per heavy atom. The summed E-state index contributed by atoms with van der Waals surface area (Å²) in [5, 5.41) is 4.50. The molecule has 0 atom stereocenters. The first-order valence-corrected chi connectivity index (χ1v) is 7.28. The van der Waals surface area contributed by atoms with Crippen molar-refractivity contribution in [2.75, 3.05) is 18.0 Å². The molecule has 3 rings (SSSR count). The van der Waals surface area contributed by atoms with Gasteiger partial charge in [-0.2, -0.15) is 5.10 Å². The zero-order valence-electron chi connectivity index (χ0n) is 11.3.